The van der Waals surface area contributed by atoms with Crippen LogP contribution in [-0.4, -0.2) is 27.4 Å². The van der Waals surface area contributed by atoms with E-state index in [2.05, 4.69) is 31.4 Å². The lowest BCUT2D eigenvalue weighted by molar-refractivity contribution is -0.120. The molecule has 9 heteroatoms. The Bertz CT molecular complexity index is 702. The molecule has 1 atom stereocenters. The molecule has 0 bridgehead atoms. The number of rotatable bonds is 5. The Kier molecular flexibility index (Phi) is 5.78. The average molecular weight is 399 g/mol. The lowest BCUT2D eigenvalue weighted by Crippen LogP contribution is -2.42. The maximum atomic E-state index is 12.0. The number of benzene rings is 1. The monoisotopic (exact) mass is 398 g/mol. The molecule has 3 amide bonds. The largest absolute Gasteiger partial charge is 0.411 e. The highest BCUT2D eigenvalue weighted by Gasteiger charge is 2.27. The third-order valence-electron chi connectivity index (χ3n) is 2.84. The number of imide groups is 1. The van der Waals surface area contributed by atoms with Crippen molar-refractivity contribution in [1.29, 1.82) is 0 Å². The van der Waals surface area contributed by atoms with Crippen LogP contribution in [0.5, 0.6) is 0 Å². The van der Waals surface area contributed by atoms with Gasteiger partial charge in [-0.15, -0.1) is 10.2 Å². The standard InChI is InChI=1S/C14H15BrN4O3S/c1-7(2)10(11(20)17-13(16)21)23-14-19-18-12(22-14)8-3-5-9(15)6-4-8/h3-7,10H,1-2H3,(H3,16,17,20,21). The van der Waals surface area contributed by atoms with Crippen LogP contribution in [0.25, 0.3) is 11.5 Å². The molecule has 0 saturated carbocycles. The molecule has 1 heterocycles. The molecule has 1 unspecified atom stereocenters. The van der Waals surface area contributed by atoms with Crippen LogP contribution in [0.4, 0.5) is 4.79 Å². The number of amides is 3. The summed E-state index contributed by atoms with van der Waals surface area (Å²) in [7, 11) is 0. The number of nitrogens with two attached hydrogens (primary N) is 1. The van der Waals surface area contributed by atoms with Crippen LogP contribution in [0.15, 0.2) is 38.4 Å². The minimum atomic E-state index is -0.887. The number of nitrogens with zero attached hydrogens (tertiary/aromatic N) is 2. The van der Waals surface area contributed by atoms with Gasteiger partial charge >= 0.3 is 6.03 Å². The summed E-state index contributed by atoms with van der Waals surface area (Å²) in [5.74, 6) is -0.180. The molecule has 122 valence electrons. The zero-order valence-corrected chi connectivity index (χ0v) is 14.8. The highest BCUT2D eigenvalue weighted by atomic mass is 79.9. The second kappa shape index (κ2) is 7.60. The van der Waals surface area contributed by atoms with E-state index in [0.717, 1.165) is 21.8 Å². The molecular formula is C14H15BrN4O3S. The third-order valence-corrected chi connectivity index (χ3v) is 4.74. The predicted octanol–water partition coefficient (Wildman–Crippen LogP) is 2.81. The molecule has 2 aromatic rings. The summed E-state index contributed by atoms with van der Waals surface area (Å²) in [5, 5.41) is 9.67. The Morgan fingerprint density at radius 3 is 2.48 bits per heavy atom. The van der Waals surface area contributed by atoms with Gasteiger partial charge in [-0.1, -0.05) is 41.5 Å². The first-order chi connectivity index (χ1) is 10.9. The number of primary amides is 1. The Balaban J connectivity index is 2.14. The maximum absolute atomic E-state index is 12.0. The molecule has 0 radical (unpaired) electrons. The van der Waals surface area contributed by atoms with Crippen LogP contribution < -0.4 is 11.1 Å². The highest BCUT2D eigenvalue weighted by molar-refractivity contribution is 9.10. The van der Waals surface area contributed by atoms with Crippen LogP contribution in [0.2, 0.25) is 0 Å². The molecule has 0 aliphatic carbocycles. The van der Waals surface area contributed by atoms with Crippen LogP contribution in [0.3, 0.4) is 0 Å². The van der Waals surface area contributed by atoms with Gasteiger partial charge in [-0.25, -0.2) is 4.79 Å². The first-order valence-corrected chi connectivity index (χ1v) is 8.40. The van der Waals surface area contributed by atoms with Crippen LogP contribution in [-0.2, 0) is 4.79 Å². The van der Waals surface area contributed by atoms with Crippen molar-refractivity contribution < 1.29 is 14.0 Å². The van der Waals surface area contributed by atoms with Gasteiger partial charge in [-0.05, 0) is 30.2 Å². The van der Waals surface area contributed by atoms with Crippen LogP contribution in [0, 0.1) is 5.92 Å². The lowest BCUT2D eigenvalue weighted by atomic mass is 10.1. The molecule has 3 N–H and O–H groups in total. The summed E-state index contributed by atoms with van der Waals surface area (Å²) < 4.78 is 6.52. The molecular weight excluding hydrogens is 384 g/mol. The molecule has 23 heavy (non-hydrogen) atoms. The zero-order chi connectivity index (χ0) is 17.0. The number of thioether (sulfide) groups is 1. The van der Waals surface area contributed by atoms with Gasteiger partial charge < -0.3 is 10.2 Å². The van der Waals surface area contributed by atoms with Crippen molar-refractivity contribution in [3.8, 4) is 11.5 Å². The number of urea groups is 1. The second-order valence-corrected chi connectivity index (χ2v) is 7.02. The van der Waals surface area contributed by atoms with Gasteiger partial charge in [0.05, 0.1) is 5.25 Å². The SMILES string of the molecule is CC(C)C(Sc1nnc(-c2ccc(Br)cc2)o1)C(=O)NC(N)=O. The molecule has 7 nitrogen and oxygen atoms in total. The molecule has 0 aliphatic heterocycles. The van der Waals surface area contributed by atoms with E-state index in [4.69, 9.17) is 10.2 Å². The third kappa shape index (κ3) is 4.80. The van der Waals surface area contributed by atoms with Crippen molar-refractivity contribution in [1.82, 2.24) is 15.5 Å². The Hall–Kier alpha value is -1.87. The Morgan fingerprint density at radius 2 is 1.91 bits per heavy atom. The predicted molar refractivity (Wildman–Crippen MR) is 89.6 cm³/mol. The van der Waals surface area contributed by atoms with E-state index in [9.17, 15) is 9.59 Å². The molecule has 0 spiro atoms. The van der Waals surface area contributed by atoms with Crippen molar-refractivity contribution in [3.05, 3.63) is 28.7 Å². The number of carbonyl (C=O) groups is 2. The molecule has 1 aromatic carbocycles. The first kappa shape index (κ1) is 17.5. The van der Waals surface area contributed by atoms with Gasteiger partial charge in [0, 0.05) is 10.0 Å². The van der Waals surface area contributed by atoms with E-state index in [-0.39, 0.29) is 11.1 Å². The summed E-state index contributed by atoms with van der Waals surface area (Å²) in [6.07, 6.45) is 0. The number of nitrogens with one attached hydrogen (secondary N) is 1. The van der Waals surface area contributed by atoms with Gasteiger partial charge in [-0.3, -0.25) is 10.1 Å². The fraction of sp³-hybridized carbons (Fsp3) is 0.286. The Labute approximate surface area is 145 Å². The van der Waals surface area contributed by atoms with E-state index in [1.807, 2.05) is 38.1 Å². The van der Waals surface area contributed by atoms with Crippen molar-refractivity contribution in [2.45, 2.75) is 24.3 Å². The van der Waals surface area contributed by atoms with Crippen LogP contribution in [0.1, 0.15) is 13.8 Å². The van der Waals surface area contributed by atoms with Gasteiger partial charge in [0.25, 0.3) is 5.22 Å². The van der Waals surface area contributed by atoms with E-state index < -0.39 is 17.2 Å². The summed E-state index contributed by atoms with van der Waals surface area (Å²) in [6.45, 7) is 3.70. The van der Waals surface area contributed by atoms with Gasteiger partial charge in [-0.2, -0.15) is 0 Å². The van der Waals surface area contributed by atoms with Crippen molar-refractivity contribution in [3.63, 3.8) is 0 Å². The maximum Gasteiger partial charge on any atom is 0.318 e. The molecule has 0 aliphatic rings. The fourth-order valence-electron chi connectivity index (χ4n) is 1.76. The van der Waals surface area contributed by atoms with E-state index in [1.54, 1.807) is 0 Å². The van der Waals surface area contributed by atoms with Gasteiger partial charge in [0.15, 0.2) is 0 Å². The topological polar surface area (TPSA) is 111 Å². The van der Waals surface area contributed by atoms with Gasteiger partial charge in [0.2, 0.25) is 11.8 Å². The van der Waals surface area contributed by atoms with E-state index >= 15 is 0 Å². The minimum absolute atomic E-state index is 0.0534. The first-order valence-electron chi connectivity index (χ1n) is 6.73. The normalized spacial score (nSPS) is 12.2. The summed E-state index contributed by atoms with van der Waals surface area (Å²) in [6, 6.07) is 6.52. The average Bonchev–Trinajstić information content (AvgIpc) is 2.93. The fourth-order valence-corrected chi connectivity index (χ4v) is 2.89. The molecule has 0 fully saturated rings. The second-order valence-electron chi connectivity index (χ2n) is 5.02. The van der Waals surface area contributed by atoms with Crippen LogP contribution >= 0.6 is 27.7 Å². The zero-order valence-electron chi connectivity index (χ0n) is 12.4. The van der Waals surface area contributed by atoms with E-state index in [0.29, 0.717) is 5.89 Å². The van der Waals surface area contributed by atoms with Crippen molar-refractivity contribution in [2.75, 3.05) is 0 Å². The van der Waals surface area contributed by atoms with Crippen molar-refractivity contribution >= 4 is 39.6 Å². The number of aromatic nitrogens is 2. The minimum Gasteiger partial charge on any atom is -0.411 e. The summed E-state index contributed by atoms with van der Waals surface area (Å²) in [4.78, 5) is 22.8. The summed E-state index contributed by atoms with van der Waals surface area (Å²) >= 11 is 4.45. The lowest BCUT2D eigenvalue weighted by Gasteiger charge is -2.16. The quantitative estimate of drug-likeness (QED) is 0.748. The van der Waals surface area contributed by atoms with E-state index in [1.165, 1.54) is 0 Å². The molecule has 1 aromatic heterocycles. The number of hydrogen-bond acceptors (Lipinski definition) is 6. The Morgan fingerprint density at radius 1 is 1.26 bits per heavy atom. The molecule has 2 rings (SSSR count). The number of carbonyl (C=O) groups excluding carboxylic acids is 2. The summed E-state index contributed by atoms with van der Waals surface area (Å²) in [5.41, 5.74) is 5.75. The van der Waals surface area contributed by atoms with Gasteiger partial charge in [0.1, 0.15) is 0 Å². The van der Waals surface area contributed by atoms with Crippen molar-refractivity contribution in [2.24, 2.45) is 11.7 Å². The number of hydrogen-bond donors (Lipinski definition) is 2. The smallest absolute Gasteiger partial charge is 0.318 e. The number of halogens is 1. The highest BCUT2D eigenvalue weighted by Crippen LogP contribution is 2.30. The molecule has 0 saturated heterocycles.